The monoisotopic (exact) mass is 896 g/mol. The number of hydrazine groups is 1. The quantitative estimate of drug-likeness (QED) is 0.0723. The minimum Gasteiger partial charge on any atom is -0.508 e. The molecular formula is C45H34BCl2F3N4O8. The highest BCUT2D eigenvalue weighted by Crippen LogP contribution is 2.65. The van der Waals surface area contributed by atoms with Crippen LogP contribution in [-0.2, 0) is 37.4 Å². The maximum Gasteiger partial charge on any atom is 0.488 e. The third-order valence-electron chi connectivity index (χ3n) is 12.5. The van der Waals surface area contributed by atoms with Crippen LogP contribution >= 0.6 is 23.2 Å². The van der Waals surface area contributed by atoms with E-state index in [1.54, 1.807) is 30.3 Å². The highest BCUT2D eigenvalue weighted by Gasteiger charge is 2.71. The fraction of sp³-hybridized carbons (Fsp3) is 0.222. The number of aromatic nitrogens is 1. The molecule has 0 radical (unpaired) electrons. The van der Waals surface area contributed by atoms with Crippen LogP contribution in [0.4, 0.5) is 24.7 Å². The topological polar surface area (TPSA) is 170 Å². The summed E-state index contributed by atoms with van der Waals surface area (Å²) in [7, 11) is -1.88. The maximum absolute atomic E-state index is 15.5. The second kappa shape index (κ2) is 15.9. The molecule has 4 N–H and O–H groups in total. The zero-order chi connectivity index (χ0) is 44.5. The van der Waals surface area contributed by atoms with Gasteiger partial charge in [-0.3, -0.25) is 29.5 Å². The van der Waals surface area contributed by atoms with Crippen molar-refractivity contribution in [2.45, 2.75) is 37.0 Å². The molecule has 3 fully saturated rings. The van der Waals surface area contributed by atoms with Crippen LogP contribution in [0.5, 0.6) is 11.5 Å². The van der Waals surface area contributed by atoms with E-state index in [4.69, 9.17) is 27.9 Å². The van der Waals surface area contributed by atoms with Gasteiger partial charge in [0.25, 0.3) is 11.8 Å². The SMILES string of the molecule is O=C1[C@@H]2C[C@@H]3C(=CC[C@@H]4C(=O)N(c5cccc(B(O)O)c5)C(=O)[C@@H]43)[C@H](c3ccc(OCc4ccccc4)cc3O)[C@]2(c2ccc(Cl)cc2)C(=O)N1Nc1ncc(C(F)(F)F)cc1Cl. The summed E-state index contributed by atoms with van der Waals surface area (Å²) in [6, 6.07) is 26.4. The Hall–Kier alpha value is -6.20. The Morgan fingerprint density at radius 3 is 2.30 bits per heavy atom. The number of hydrogen-bond donors (Lipinski definition) is 4. The molecule has 0 bridgehead atoms. The number of hydrogen-bond acceptors (Lipinski definition) is 10. The number of aromatic hydroxyl groups is 1. The zero-order valence-electron chi connectivity index (χ0n) is 32.7. The Bertz CT molecular complexity index is 2730. The first-order chi connectivity index (χ1) is 30.1. The minimum atomic E-state index is -4.79. The zero-order valence-corrected chi connectivity index (χ0v) is 34.2. The molecule has 0 spiro atoms. The number of carbonyl (C=O) groups excluding carboxylic acids is 4. The molecule has 2 aliphatic heterocycles. The number of pyridine rings is 1. The lowest BCUT2D eigenvalue weighted by atomic mass is 9.49. The predicted octanol–water partition coefficient (Wildman–Crippen LogP) is 6.56. The number of phenols is 1. The normalized spacial score (nSPS) is 24.2. The van der Waals surface area contributed by atoms with Crippen LogP contribution in [0, 0.1) is 23.7 Å². The molecular weight excluding hydrogens is 863 g/mol. The number of fused-ring (bicyclic) bond motifs is 4. The van der Waals surface area contributed by atoms with Gasteiger partial charge in [0.05, 0.1) is 39.4 Å². The number of nitrogens with zero attached hydrogens (tertiary/aromatic N) is 3. The Labute approximate surface area is 367 Å². The summed E-state index contributed by atoms with van der Waals surface area (Å²) in [5, 5.41) is 32.2. The number of halogens is 5. The fourth-order valence-corrected chi connectivity index (χ4v) is 10.1. The number of imide groups is 2. The van der Waals surface area contributed by atoms with Gasteiger partial charge in [-0.05, 0) is 71.7 Å². The van der Waals surface area contributed by atoms with Crippen LogP contribution in [0.25, 0.3) is 0 Å². The van der Waals surface area contributed by atoms with Crippen LogP contribution in [0.3, 0.4) is 0 Å². The number of ether oxygens (including phenoxy) is 1. The van der Waals surface area contributed by atoms with Crippen LogP contribution in [-0.4, -0.2) is 55.9 Å². The van der Waals surface area contributed by atoms with Crippen LogP contribution < -0.4 is 20.5 Å². The van der Waals surface area contributed by atoms with Gasteiger partial charge in [-0.2, -0.15) is 18.2 Å². The van der Waals surface area contributed by atoms with Crippen molar-refractivity contribution in [1.29, 1.82) is 0 Å². The molecule has 4 aromatic carbocycles. The molecule has 0 unspecified atom stereocenters. The highest BCUT2D eigenvalue weighted by atomic mass is 35.5. The molecule has 18 heteroatoms. The molecule has 9 rings (SSSR count). The summed E-state index contributed by atoms with van der Waals surface area (Å²) in [4.78, 5) is 64.3. The van der Waals surface area contributed by atoms with Gasteiger partial charge < -0.3 is 19.9 Å². The molecule has 5 aromatic rings. The first-order valence-electron chi connectivity index (χ1n) is 19.8. The Morgan fingerprint density at radius 2 is 1.62 bits per heavy atom. The van der Waals surface area contributed by atoms with Crippen molar-refractivity contribution in [3.05, 3.63) is 153 Å². The third-order valence-corrected chi connectivity index (χ3v) is 13.1. The van der Waals surface area contributed by atoms with Crippen LogP contribution in [0.1, 0.15) is 41.0 Å². The largest absolute Gasteiger partial charge is 0.508 e. The van der Waals surface area contributed by atoms with Crippen molar-refractivity contribution < 1.29 is 52.2 Å². The van der Waals surface area contributed by atoms with E-state index in [0.29, 0.717) is 33.4 Å². The number of alkyl halides is 3. The first-order valence-corrected chi connectivity index (χ1v) is 20.5. The van der Waals surface area contributed by atoms with Crippen molar-refractivity contribution in [2.75, 3.05) is 10.3 Å². The van der Waals surface area contributed by atoms with Gasteiger partial charge in [-0.1, -0.05) is 95.5 Å². The first kappa shape index (κ1) is 42.1. The molecule has 6 atom stereocenters. The van der Waals surface area contributed by atoms with E-state index >= 15 is 9.59 Å². The summed E-state index contributed by atoms with van der Waals surface area (Å²) in [5.74, 6) is -8.65. The third kappa shape index (κ3) is 7.01. The molecule has 320 valence electrons. The van der Waals surface area contributed by atoms with E-state index in [0.717, 1.165) is 10.5 Å². The summed E-state index contributed by atoms with van der Waals surface area (Å²) in [5.41, 5.74) is 1.52. The molecule has 63 heavy (non-hydrogen) atoms. The average Bonchev–Trinajstić information content (AvgIpc) is 3.64. The standard InChI is InChI=1S/C45H34BCl2F3N4O8/c47-27-11-9-24(10-12-27)44-34(41(58)55(43(44)60)53-39-35(48)17-25(21-52-39)45(49,50)51)20-33-30(38(44)31-14-13-29(19-36(31)56)63-22-23-5-2-1-3-6-23)15-16-32-37(33)42(59)54(40(32)57)28-8-4-7-26(18-28)46(61)62/h1-15,17-19,21,32-34,37-38,56,61-62H,16,20,22H2,(H,52,53)/t32-,33+,34-,37-,38+,44+/m0/s1. The number of benzene rings is 4. The number of rotatable bonds is 9. The van der Waals surface area contributed by atoms with Gasteiger partial charge in [0, 0.05) is 28.8 Å². The van der Waals surface area contributed by atoms with Gasteiger partial charge in [0.2, 0.25) is 11.8 Å². The molecule has 2 aliphatic carbocycles. The van der Waals surface area contributed by atoms with Gasteiger partial charge in [-0.15, -0.1) is 0 Å². The summed E-state index contributed by atoms with van der Waals surface area (Å²) in [6.07, 6.45) is -2.64. The van der Waals surface area contributed by atoms with Crippen molar-refractivity contribution >= 4 is 70.9 Å². The van der Waals surface area contributed by atoms with E-state index in [2.05, 4.69) is 10.4 Å². The predicted molar refractivity (Wildman–Crippen MR) is 225 cm³/mol. The van der Waals surface area contributed by atoms with Gasteiger partial charge in [0.1, 0.15) is 18.1 Å². The van der Waals surface area contributed by atoms with Crippen molar-refractivity contribution in [1.82, 2.24) is 9.99 Å². The molecule has 3 heterocycles. The lowest BCUT2D eigenvalue weighted by molar-refractivity contribution is -0.139. The molecule has 2 saturated heterocycles. The van der Waals surface area contributed by atoms with Crippen LogP contribution in [0.15, 0.2) is 121 Å². The molecule has 1 aromatic heterocycles. The smallest absolute Gasteiger partial charge is 0.488 e. The molecule has 4 aliphatic rings. The fourth-order valence-electron chi connectivity index (χ4n) is 9.80. The summed E-state index contributed by atoms with van der Waals surface area (Å²) < 4.78 is 46.8. The minimum absolute atomic E-state index is 0.0337. The highest BCUT2D eigenvalue weighted by molar-refractivity contribution is 6.58. The Kier molecular flexibility index (Phi) is 10.6. The number of phenolic OH excluding ortho intramolecular Hbond substituents is 1. The van der Waals surface area contributed by atoms with E-state index in [9.17, 15) is 37.9 Å². The maximum atomic E-state index is 15.5. The van der Waals surface area contributed by atoms with Crippen LogP contribution in [0.2, 0.25) is 10.0 Å². The van der Waals surface area contributed by atoms with E-state index in [1.165, 1.54) is 42.5 Å². The van der Waals surface area contributed by atoms with E-state index in [-0.39, 0.29) is 47.7 Å². The van der Waals surface area contributed by atoms with Crippen molar-refractivity contribution in [3.8, 4) is 11.5 Å². The number of carbonyl (C=O) groups is 4. The summed E-state index contributed by atoms with van der Waals surface area (Å²) in [6.45, 7) is 0.164. The second-order valence-corrected chi connectivity index (χ2v) is 16.7. The molecule has 12 nitrogen and oxygen atoms in total. The van der Waals surface area contributed by atoms with Crippen molar-refractivity contribution in [2.24, 2.45) is 23.7 Å². The number of amides is 4. The number of allylic oxidation sites excluding steroid dienone is 2. The molecule has 4 amide bonds. The molecule has 1 saturated carbocycles. The lowest BCUT2D eigenvalue weighted by Gasteiger charge is -2.50. The Balaban J connectivity index is 1.20. The second-order valence-electron chi connectivity index (χ2n) is 15.9. The summed E-state index contributed by atoms with van der Waals surface area (Å²) >= 11 is 12.7. The van der Waals surface area contributed by atoms with Gasteiger partial charge in [0.15, 0.2) is 5.82 Å². The van der Waals surface area contributed by atoms with E-state index < -0.39 is 88.3 Å². The van der Waals surface area contributed by atoms with E-state index in [1.807, 2.05) is 30.3 Å². The van der Waals surface area contributed by atoms with Gasteiger partial charge >= 0.3 is 13.3 Å². The average molecular weight is 897 g/mol. The lowest BCUT2D eigenvalue weighted by Crippen LogP contribution is -2.53. The van der Waals surface area contributed by atoms with Crippen molar-refractivity contribution in [3.63, 3.8) is 0 Å². The Morgan fingerprint density at radius 1 is 0.873 bits per heavy atom. The van der Waals surface area contributed by atoms with Gasteiger partial charge in [-0.25, -0.2) is 4.98 Å². The number of nitrogens with one attached hydrogen (secondary N) is 1. The number of anilines is 2.